The van der Waals surface area contributed by atoms with Crippen molar-refractivity contribution in [1.82, 2.24) is 9.55 Å². The van der Waals surface area contributed by atoms with Gasteiger partial charge in [0.1, 0.15) is 12.4 Å². The van der Waals surface area contributed by atoms with E-state index < -0.39 is 5.97 Å². The monoisotopic (exact) mass is 375 g/mol. The Morgan fingerprint density at radius 3 is 2.46 bits per heavy atom. The van der Waals surface area contributed by atoms with Crippen LogP contribution in [0.15, 0.2) is 70.5 Å². The Hall–Kier alpha value is -3.54. The molecule has 142 valence electrons. The molecule has 0 bridgehead atoms. The number of hydrogen-bond acceptors (Lipinski definition) is 5. The molecule has 1 heterocycles. The van der Waals surface area contributed by atoms with Gasteiger partial charge in [0.25, 0.3) is 5.56 Å². The Balaban J connectivity index is 2.20. The number of aryl methyl sites for hydroxylation is 1. The average Bonchev–Trinajstić information content (AvgIpc) is 2.72. The van der Waals surface area contributed by atoms with Crippen LogP contribution >= 0.6 is 0 Å². The minimum absolute atomic E-state index is 0.0991. The Labute approximate surface area is 163 Å². The Morgan fingerprint density at radius 1 is 1.11 bits per heavy atom. The van der Waals surface area contributed by atoms with Crippen LogP contribution in [0.3, 0.4) is 0 Å². The van der Waals surface area contributed by atoms with Crippen LogP contribution in [0, 0.1) is 6.92 Å². The van der Waals surface area contributed by atoms with Crippen LogP contribution in [0.1, 0.15) is 17.0 Å². The molecule has 3 aromatic rings. The maximum atomic E-state index is 12.3. The van der Waals surface area contributed by atoms with Crippen molar-refractivity contribution in [2.24, 2.45) is 12.0 Å². The maximum absolute atomic E-state index is 12.3. The molecule has 0 fully saturated rings. The third-order valence-electron chi connectivity index (χ3n) is 4.46. The standard InChI is InChI=1S/C22H21N3O3/c1-15-24-19(13-20(26)25(15)2)17-11-7-8-12-18(17)22(23-14-21(27)28-3)16-9-5-4-6-10-16/h4-13H,14H2,1-3H3. The van der Waals surface area contributed by atoms with E-state index in [9.17, 15) is 9.59 Å². The van der Waals surface area contributed by atoms with E-state index in [4.69, 9.17) is 4.74 Å². The summed E-state index contributed by atoms with van der Waals surface area (Å²) < 4.78 is 6.23. The molecule has 28 heavy (non-hydrogen) atoms. The Bertz CT molecular complexity index is 1090. The van der Waals surface area contributed by atoms with Gasteiger partial charge in [-0.15, -0.1) is 0 Å². The number of carbonyl (C=O) groups excluding carboxylic acids is 1. The number of aliphatic imine (C=N–C) groups is 1. The summed E-state index contributed by atoms with van der Waals surface area (Å²) in [6.45, 7) is 1.69. The molecule has 0 aliphatic heterocycles. The average molecular weight is 375 g/mol. The highest BCUT2D eigenvalue weighted by Crippen LogP contribution is 2.24. The number of ether oxygens (including phenoxy) is 1. The van der Waals surface area contributed by atoms with Gasteiger partial charge in [-0.1, -0.05) is 54.6 Å². The number of benzene rings is 2. The second kappa shape index (κ2) is 8.43. The van der Waals surface area contributed by atoms with Gasteiger partial charge in [0, 0.05) is 29.8 Å². The van der Waals surface area contributed by atoms with E-state index in [-0.39, 0.29) is 12.1 Å². The lowest BCUT2D eigenvalue weighted by Crippen LogP contribution is -2.20. The predicted octanol–water partition coefficient (Wildman–Crippen LogP) is 2.77. The normalized spacial score (nSPS) is 11.3. The van der Waals surface area contributed by atoms with Crippen LogP contribution < -0.4 is 5.56 Å². The maximum Gasteiger partial charge on any atom is 0.327 e. The van der Waals surface area contributed by atoms with Crippen molar-refractivity contribution < 1.29 is 9.53 Å². The molecule has 0 aliphatic carbocycles. The van der Waals surface area contributed by atoms with Gasteiger partial charge in [-0.3, -0.25) is 14.6 Å². The van der Waals surface area contributed by atoms with Crippen molar-refractivity contribution in [2.45, 2.75) is 6.92 Å². The van der Waals surface area contributed by atoms with Crippen molar-refractivity contribution in [3.63, 3.8) is 0 Å². The topological polar surface area (TPSA) is 73.5 Å². The van der Waals surface area contributed by atoms with Gasteiger partial charge in [0.2, 0.25) is 0 Å². The summed E-state index contributed by atoms with van der Waals surface area (Å²) in [5.41, 5.74) is 3.50. The summed E-state index contributed by atoms with van der Waals surface area (Å²) in [5, 5.41) is 0. The van der Waals surface area contributed by atoms with E-state index >= 15 is 0 Å². The van der Waals surface area contributed by atoms with E-state index in [0.29, 0.717) is 17.2 Å². The molecule has 0 aliphatic rings. The van der Waals surface area contributed by atoms with Crippen molar-refractivity contribution in [2.75, 3.05) is 13.7 Å². The van der Waals surface area contributed by atoms with Gasteiger partial charge in [-0.25, -0.2) is 4.98 Å². The number of hydrogen-bond donors (Lipinski definition) is 0. The minimum Gasteiger partial charge on any atom is -0.468 e. The number of esters is 1. The van der Waals surface area contributed by atoms with E-state index in [2.05, 4.69) is 9.98 Å². The van der Waals surface area contributed by atoms with E-state index in [0.717, 1.165) is 16.7 Å². The molecule has 6 nitrogen and oxygen atoms in total. The van der Waals surface area contributed by atoms with Crippen LogP contribution in [-0.4, -0.2) is 34.9 Å². The molecule has 1 aromatic heterocycles. The highest BCUT2D eigenvalue weighted by molar-refractivity contribution is 6.16. The van der Waals surface area contributed by atoms with Crippen LogP contribution in [-0.2, 0) is 16.6 Å². The second-order valence-electron chi connectivity index (χ2n) is 6.24. The summed E-state index contributed by atoms with van der Waals surface area (Å²) in [6, 6.07) is 18.7. The molecule has 0 radical (unpaired) electrons. The van der Waals surface area contributed by atoms with Crippen LogP contribution in [0.4, 0.5) is 0 Å². The fraction of sp³-hybridized carbons (Fsp3) is 0.182. The smallest absolute Gasteiger partial charge is 0.327 e. The summed E-state index contributed by atoms with van der Waals surface area (Å²) in [5.74, 6) is 0.193. The molecule has 0 atom stereocenters. The summed E-state index contributed by atoms with van der Waals surface area (Å²) in [7, 11) is 3.02. The van der Waals surface area contributed by atoms with Crippen molar-refractivity contribution in [1.29, 1.82) is 0 Å². The molecule has 0 N–H and O–H groups in total. The SMILES string of the molecule is COC(=O)CN=C(c1ccccc1)c1ccccc1-c1cc(=O)n(C)c(C)n1. The first-order valence-corrected chi connectivity index (χ1v) is 8.82. The second-order valence-corrected chi connectivity index (χ2v) is 6.24. The molecule has 0 unspecified atom stereocenters. The lowest BCUT2D eigenvalue weighted by atomic mass is 9.95. The Kier molecular flexibility index (Phi) is 5.79. The van der Waals surface area contributed by atoms with Gasteiger partial charge in [0.15, 0.2) is 0 Å². The first kappa shape index (κ1) is 19.2. The fourth-order valence-corrected chi connectivity index (χ4v) is 2.84. The van der Waals surface area contributed by atoms with E-state index in [1.807, 2.05) is 54.6 Å². The largest absolute Gasteiger partial charge is 0.468 e. The number of aromatic nitrogens is 2. The van der Waals surface area contributed by atoms with Crippen molar-refractivity contribution in [3.05, 3.63) is 88.0 Å². The molecule has 0 spiro atoms. The van der Waals surface area contributed by atoms with Gasteiger partial charge in [-0.2, -0.15) is 0 Å². The highest BCUT2D eigenvalue weighted by Gasteiger charge is 2.15. The number of carbonyl (C=O) groups is 1. The molecule has 0 saturated carbocycles. The Morgan fingerprint density at radius 2 is 1.79 bits per heavy atom. The molecule has 0 amide bonds. The molecule has 0 saturated heterocycles. The summed E-state index contributed by atoms with van der Waals surface area (Å²) in [4.78, 5) is 33.0. The van der Waals surface area contributed by atoms with E-state index in [1.54, 1.807) is 14.0 Å². The zero-order chi connectivity index (χ0) is 20.1. The minimum atomic E-state index is -0.423. The first-order chi connectivity index (χ1) is 13.5. The molecular weight excluding hydrogens is 354 g/mol. The molecule has 2 aromatic carbocycles. The zero-order valence-electron chi connectivity index (χ0n) is 16.0. The van der Waals surface area contributed by atoms with Gasteiger partial charge in [-0.05, 0) is 6.92 Å². The summed E-state index contributed by atoms with van der Waals surface area (Å²) in [6.07, 6.45) is 0. The lowest BCUT2D eigenvalue weighted by molar-refractivity contribution is -0.138. The van der Waals surface area contributed by atoms with Crippen LogP contribution in [0.2, 0.25) is 0 Å². The number of methoxy groups -OCH3 is 1. The zero-order valence-corrected chi connectivity index (χ0v) is 16.0. The van der Waals surface area contributed by atoms with E-state index in [1.165, 1.54) is 17.7 Å². The van der Waals surface area contributed by atoms with Gasteiger partial charge in [0.05, 0.1) is 18.5 Å². The van der Waals surface area contributed by atoms with Crippen molar-refractivity contribution >= 4 is 11.7 Å². The molecular formula is C22H21N3O3. The highest BCUT2D eigenvalue weighted by atomic mass is 16.5. The lowest BCUT2D eigenvalue weighted by Gasteiger charge is -2.13. The third kappa shape index (κ3) is 4.06. The third-order valence-corrected chi connectivity index (χ3v) is 4.46. The number of nitrogens with zero attached hydrogens (tertiary/aromatic N) is 3. The van der Waals surface area contributed by atoms with Gasteiger partial charge >= 0.3 is 5.97 Å². The number of rotatable bonds is 5. The van der Waals surface area contributed by atoms with Crippen LogP contribution in [0.5, 0.6) is 0 Å². The fourth-order valence-electron chi connectivity index (χ4n) is 2.84. The predicted molar refractivity (Wildman–Crippen MR) is 109 cm³/mol. The first-order valence-electron chi connectivity index (χ1n) is 8.82. The van der Waals surface area contributed by atoms with Crippen molar-refractivity contribution in [3.8, 4) is 11.3 Å². The molecule has 6 heteroatoms. The van der Waals surface area contributed by atoms with Crippen LogP contribution in [0.25, 0.3) is 11.3 Å². The summed E-state index contributed by atoms with van der Waals surface area (Å²) >= 11 is 0. The quantitative estimate of drug-likeness (QED) is 0.508. The van der Waals surface area contributed by atoms with Gasteiger partial charge < -0.3 is 9.30 Å². The molecule has 3 rings (SSSR count).